The summed E-state index contributed by atoms with van der Waals surface area (Å²) in [6.45, 7) is -0.338. The number of halogens is 5. The number of anilines is 1. The van der Waals surface area contributed by atoms with Gasteiger partial charge in [0.1, 0.15) is 0 Å². The van der Waals surface area contributed by atoms with Crippen LogP contribution in [-0.4, -0.2) is 30.1 Å². The van der Waals surface area contributed by atoms with Crippen LogP contribution in [0.4, 0.5) is 27.8 Å². The topological polar surface area (TPSA) is 25.4 Å². The highest BCUT2D eigenvalue weighted by molar-refractivity contribution is 5.56. The van der Waals surface area contributed by atoms with E-state index in [9.17, 15) is 22.0 Å². The van der Waals surface area contributed by atoms with Crippen molar-refractivity contribution in [3.63, 3.8) is 0 Å². The van der Waals surface area contributed by atoms with Gasteiger partial charge in [0.2, 0.25) is 0 Å². The number of fused-ring (bicyclic) bond motifs is 3. The van der Waals surface area contributed by atoms with E-state index in [-0.39, 0.29) is 37.1 Å². The van der Waals surface area contributed by atoms with E-state index in [1.165, 1.54) is 4.90 Å². The average Bonchev–Trinajstić information content (AvgIpc) is 2.55. The summed E-state index contributed by atoms with van der Waals surface area (Å²) in [6.07, 6.45) is -3.32. The highest BCUT2D eigenvalue weighted by Crippen LogP contribution is 2.41. The van der Waals surface area contributed by atoms with E-state index in [4.69, 9.17) is 4.74 Å². The summed E-state index contributed by atoms with van der Waals surface area (Å²) in [4.78, 5) is 5.12. The zero-order valence-corrected chi connectivity index (χ0v) is 11.0. The van der Waals surface area contributed by atoms with Crippen molar-refractivity contribution < 1.29 is 26.7 Å². The molecule has 1 atom stereocenters. The molecule has 0 aromatic carbocycles. The van der Waals surface area contributed by atoms with Crippen molar-refractivity contribution in [2.75, 3.05) is 18.1 Å². The van der Waals surface area contributed by atoms with Gasteiger partial charge >= 0.3 is 6.18 Å². The first-order chi connectivity index (χ1) is 9.76. The van der Waals surface area contributed by atoms with Gasteiger partial charge in [0.05, 0.1) is 18.7 Å². The van der Waals surface area contributed by atoms with Gasteiger partial charge in [0.15, 0.2) is 11.6 Å². The summed E-state index contributed by atoms with van der Waals surface area (Å²) in [5, 5.41) is 0. The summed E-state index contributed by atoms with van der Waals surface area (Å²) in [7, 11) is 0. The van der Waals surface area contributed by atoms with Gasteiger partial charge < -0.3 is 9.64 Å². The van der Waals surface area contributed by atoms with Crippen LogP contribution in [0.5, 0.6) is 5.75 Å². The molecule has 8 heteroatoms. The number of nitrogens with zero attached hydrogens (tertiary/aromatic N) is 2. The maximum Gasteiger partial charge on any atom is 0.418 e. The summed E-state index contributed by atoms with van der Waals surface area (Å²) in [5.74, 6) is -2.86. The molecule has 3 heterocycles. The second kappa shape index (κ2) is 4.71. The van der Waals surface area contributed by atoms with Gasteiger partial charge in [-0.2, -0.15) is 13.2 Å². The highest BCUT2D eigenvalue weighted by atomic mass is 19.4. The maximum absolute atomic E-state index is 13.6. The summed E-state index contributed by atoms with van der Waals surface area (Å²) < 4.78 is 70.5. The lowest BCUT2D eigenvalue weighted by Gasteiger charge is -2.39. The van der Waals surface area contributed by atoms with Crippen LogP contribution in [0.15, 0.2) is 12.3 Å². The van der Waals surface area contributed by atoms with Gasteiger partial charge in [0, 0.05) is 25.1 Å². The fraction of sp³-hybridized carbons (Fsp3) is 0.615. The molecule has 1 fully saturated rings. The van der Waals surface area contributed by atoms with Crippen molar-refractivity contribution in [3.8, 4) is 5.75 Å². The molecule has 3 nitrogen and oxygen atoms in total. The number of hydrogen-bond donors (Lipinski definition) is 0. The molecule has 3 rings (SSSR count). The first-order valence-electron chi connectivity index (χ1n) is 6.61. The minimum Gasteiger partial charge on any atom is -0.490 e. The van der Waals surface area contributed by atoms with Crippen molar-refractivity contribution in [1.29, 1.82) is 0 Å². The fourth-order valence-corrected chi connectivity index (χ4v) is 2.76. The Hall–Kier alpha value is -1.60. The summed E-state index contributed by atoms with van der Waals surface area (Å²) in [5.41, 5.74) is -0.941. The third-order valence-corrected chi connectivity index (χ3v) is 3.83. The Kier molecular flexibility index (Phi) is 3.22. The number of hydrogen-bond acceptors (Lipinski definition) is 3. The number of aromatic nitrogens is 1. The molecule has 0 amide bonds. The van der Waals surface area contributed by atoms with Crippen LogP contribution >= 0.6 is 0 Å². The third kappa shape index (κ3) is 2.75. The molecular formula is C13H13F5N2O. The van der Waals surface area contributed by atoms with Crippen LogP contribution in [0, 0.1) is 0 Å². The zero-order chi connectivity index (χ0) is 15.3. The lowest BCUT2D eigenvalue weighted by atomic mass is 9.97. The molecule has 2 aliphatic rings. The van der Waals surface area contributed by atoms with Crippen LogP contribution in [0.3, 0.4) is 0 Å². The van der Waals surface area contributed by atoms with E-state index >= 15 is 0 Å². The largest absolute Gasteiger partial charge is 0.490 e. The number of alkyl halides is 5. The molecule has 0 saturated carbocycles. The Morgan fingerprint density at radius 2 is 2.05 bits per heavy atom. The second-order valence-corrected chi connectivity index (χ2v) is 5.36. The molecule has 0 bridgehead atoms. The number of ether oxygens (including phenoxy) is 1. The summed E-state index contributed by atoms with van der Waals surface area (Å²) >= 11 is 0. The highest BCUT2D eigenvalue weighted by Gasteiger charge is 2.43. The van der Waals surface area contributed by atoms with Gasteiger partial charge in [-0.15, -0.1) is 0 Å². The van der Waals surface area contributed by atoms with E-state index < -0.39 is 24.2 Å². The van der Waals surface area contributed by atoms with Crippen LogP contribution in [0.2, 0.25) is 0 Å². The smallest absolute Gasteiger partial charge is 0.418 e. The number of pyridine rings is 1. The van der Waals surface area contributed by atoms with Crippen molar-refractivity contribution >= 4 is 5.82 Å². The fourth-order valence-electron chi connectivity index (χ4n) is 2.76. The SMILES string of the molecule is FC1(F)CCC2CCOc3cc(C(F)(F)F)cnc3N2C1. The molecule has 21 heavy (non-hydrogen) atoms. The van der Waals surface area contributed by atoms with Crippen LogP contribution < -0.4 is 9.64 Å². The monoisotopic (exact) mass is 308 g/mol. The van der Waals surface area contributed by atoms with Crippen molar-refractivity contribution in [2.24, 2.45) is 0 Å². The van der Waals surface area contributed by atoms with E-state index in [1.807, 2.05) is 0 Å². The Morgan fingerprint density at radius 1 is 1.29 bits per heavy atom. The van der Waals surface area contributed by atoms with Gasteiger partial charge in [-0.05, 0) is 12.5 Å². The predicted molar refractivity (Wildman–Crippen MR) is 64.7 cm³/mol. The third-order valence-electron chi connectivity index (χ3n) is 3.83. The molecular weight excluding hydrogens is 295 g/mol. The number of rotatable bonds is 0. The molecule has 0 radical (unpaired) electrons. The van der Waals surface area contributed by atoms with E-state index in [0.717, 1.165) is 6.07 Å². The van der Waals surface area contributed by atoms with Crippen LogP contribution in [0.25, 0.3) is 0 Å². The van der Waals surface area contributed by atoms with Gasteiger partial charge in [0.25, 0.3) is 5.92 Å². The zero-order valence-electron chi connectivity index (χ0n) is 11.0. The Bertz CT molecular complexity index is 546. The standard InChI is InChI=1S/C13H13F5N2O/c14-12(15)3-1-9-2-4-21-10-5-8(13(16,17)18)6-19-11(10)20(9)7-12/h5-6,9H,1-4,7H2. The molecule has 2 aliphatic heterocycles. The predicted octanol–water partition coefficient (Wildman–Crippen LogP) is 3.49. The molecule has 0 aliphatic carbocycles. The van der Waals surface area contributed by atoms with E-state index in [0.29, 0.717) is 12.6 Å². The summed E-state index contributed by atoms with van der Waals surface area (Å²) in [6, 6.07) is 0.660. The Morgan fingerprint density at radius 3 is 2.76 bits per heavy atom. The second-order valence-electron chi connectivity index (χ2n) is 5.36. The van der Waals surface area contributed by atoms with Crippen molar-refractivity contribution in [2.45, 2.75) is 37.4 Å². The van der Waals surface area contributed by atoms with E-state index in [1.54, 1.807) is 0 Å². The van der Waals surface area contributed by atoms with Crippen LogP contribution in [0.1, 0.15) is 24.8 Å². The maximum atomic E-state index is 13.6. The molecule has 0 spiro atoms. The first kappa shape index (κ1) is 14.3. The quantitative estimate of drug-likeness (QED) is 0.686. The molecule has 0 N–H and O–H groups in total. The lowest BCUT2D eigenvalue weighted by Crippen LogP contribution is -2.49. The van der Waals surface area contributed by atoms with E-state index in [2.05, 4.69) is 4.98 Å². The molecule has 1 saturated heterocycles. The molecule has 1 aromatic heterocycles. The minimum absolute atomic E-state index is 0.0740. The van der Waals surface area contributed by atoms with Gasteiger partial charge in [-0.3, -0.25) is 0 Å². The van der Waals surface area contributed by atoms with Gasteiger partial charge in [-0.1, -0.05) is 0 Å². The van der Waals surface area contributed by atoms with Crippen LogP contribution in [-0.2, 0) is 6.18 Å². The Balaban J connectivity index is 1.99. The van der Waals surface area contributed by atoms with Crippen molar-refractivity contribution in [1.82, 2.24) is 4.98 Å². The molecule has 116 valence electrons. The normalized spacial score (nSPS) is 24.6. The minimum atomic E-state index is -4.54. The Labute approximate surface area is 117 Å². The molecule has 1 aromatic rings. The van der Waals surface area contributed by atoms with Crippen molar-refractivity contribution in [3.05, 3.63) is 17.8 Å². The average molecular weight is 308 g/mol. The number of piperidine rings is 1. The lowest BCUT2D eigenvalue weighted by molar-refractivity contribution is -0.137. The van der Waals surface area contributed by atoms with Gasteiger partial charge in [-0.25, -0.2) is 13.8 Å². The first-order valence-corrected chi connectivity index (χ1v) is 6.61. The molecule has 1 unspecified atom stereocenters.